The smallest absolute Gasteiger partial charge is 0.328 e. The molecule has 0 saturated carbocycles. The fourth-order valence-corrected chi connectivity index (χ4v) is 2.55. The Morgan fingerprint density at radius 1 is 1.28 bits per heavy atom. The number of benzene rings is 1. The van der Waals surface area contributed by atoms with Crippen LogP contribution in [0.2, 0.25) is 0 Å². The van der Waals surface area contributed by atoms with Crippen LogP contribution in [0, 0.1) is 0 Å². The van der Waals surface area contributed by atoms with Crippen LogP contribution in [0.5, 0.6) is 0 Å². The third kappa shape index (κ3) is 2.15. The molecule has 1 saturated heterocycles. The maximum Gasteiger partial charge on any atom is 0.328 e. The molecular weight excluding hydrogens is 226 g/mol. The number of hydrogen-bond acceptors (Lipinski definition) is 2. The van der Waals surface area contributed by atoms with Gasteiger partial charge in [0.25, 0.3) is 0 Å². The average Bonchev–Trinajstić information content (AvgIpc) is 2.78. The summed E-state index contributed by atoms with van der Waals surface area (Å²) in [5.74, 6) is -0.775. The normalized spacial score (nSPS) is 24.2. The number of rotatable bonds is 2. The van der Waals surface area contributed by atoms with Crippen molar-refractivity contribution < 1.29 is 9.90 Å². The molecule has 2 N–H and O–H groups in total. The molecule has 1 fully saturated rings. The van der Waals surface area contributed by atoms with Crippen molar-refractivity contribution in [3.05, 3.63) is 35.4 Å². The second-order valence-electron chi connectivity index (χ2n) is 6.07. The van der Waals surface area contributed by atoms with Gasteiger partial charge in [0.2, 0.25) is 0 Å². The van der Waals surface area contributed by atoms with E-state index in [1.54, 1.807) is 0 Å². The summed E-state index contributed by atoms with van der Waals surface area (Å²) in [6, 6.07) is 7.99. The van der Waals surface area contributed by atoms with Crippen LogP contribution < -0.4 is 5.32 Å². The van der Waals surface area contributed by atoms with Crippen LogP contribution in [0.15, 0.2) is 24.3 Å². The number of nitrogens with one attached hydrogen (secondary N) is 1. The lowest BCUT2D eigenvalue weighted by atomic mass is 9.83. The zero-order valence-electron chi connectivity index (χ0n) is 11.3. The predicted molar refractivity (Wildman–Crippen MR) is 71.7 cm³/mol. The Kier molecular flexibility index (Phi) is 3.20. The average molecular weight is 247 g/mol. The van der Waals surface area contributed by atoms with Crippen molar-refractivity contribution in [2.45, 2.75) is 44.6 Å². The summed E-state index contributed by atoms with van der Waals surface area (Å²) in [5.41, 5.74) is 1.30. The summed E-state index contributed by atoms with van der Waals surface area (Å²) in [5, 5.41) is 12.6. The molecule has 0 radical (unpaired) electrons. The molecule has 1 atom stereocenters. The van der Waals surface area contributed by atoms with Crippen LogP contribution in [0.1, 0.15) is 44.7 Å². The van der Waals surface area contributed by atoms with Gasteiger partial charge in [-0.2, -0.15) is 0 Å². The maximum atomic E-state index is 11.5. The van der Waals surface area contributed by atoms with Crippen LogP contribution in [0.4, 0.5) is 0 Å². The van der Waals surface area contributed by atoms with Crippen molar-refractivity contribution >= 4 is 5.97 Å². The first-order chi connectivity index (χ1) is 8.36. The highest BCUT2D eigenvalue weighted by Crippen LogP contribution is 2.32. The maximum absolute atomic E-state index is 11.5. The van der Waals surface area contributed by atoms with Crippen molar-refractivity contribution in [1.29, 1.82) is 0 Å². The summed E-state index contributed by atoms with van der Waals surface area (Å²) >= 11 is 0. The summed E-state index contributed by atoms with van der Waals surface area (Å²) in [7, 11) is 0. The van der Waals surface area contributed by atoms with Crippen LogP contribution >= 0.6 is 0 Å². The molecule has 1 aliphatic rings. The Balaban J connectivity index is 2.36. The minimum absolute atomic E-state index is 0.0953. The van der Waals surface area contributed by atoms with Gasteiger partial charge in [-0.3, -0.25) is 5.32 Å². The number of carboxylic acids is 1. The molecule has 0 aliphatic carbocycles. The van der Waals surface area contributed by atoms with Crippen LogP contribution in [0.3, 0.4) is 0 Å². The minimum Gasteiger partial charge on any atom is -0.480 e. The lowest BCUT2D eigenvalue weighted by Crippen LogP contribution is -2.44. The molecule has 18 heavy (non-hydrogen) atoms. The lowest BCUT2D eigenvalue weighted by molar-refractivity contribution is -0.144. The van der Waals surface area contributed by atoms with E-state index in [2.05, 4.69) is 26.1 Å². The molecule has 0 unspecified atom stereocenters. The van der Waals surface area contributed by atoms with Crippen LogP contribution in [-0.2, 0) is 15.7 Å². The summed E-state index contributed by atoms with van der Waals surface area (Å²) in [6.45, 7) is 7.24. The van der Waals surface area contributed by atoms with E-state index in [-0.39, 0.29) is 5.41 Å². The monoisotopic (exact) mass is 247 g/mol. The molecule has 3 heteroatoms. The van der Waals surface area contributed by atoms with Gasteiger partial charge in [0, 0.05) is 0 Å². The molecule has 2 rings (SSSR count). The highest BCUT2D eigenvalue weighted by Gasteiger charge is 2.42. The van der Waals surface area contributed by atoms with Crippen molar-refractivity contribution in [2.75, 3.05) is 6.54 Å². The number of carboxylic acid groups (broad SMARTS) is 1. The van der Waals surface area contributed by atoms with Crippen molar-refractivity contribution in [3.63, 3.8) is 0 Å². The molecule has 1 aliphatic heterocycles. The van der Waals surface area contributed by atoms with E-state index in [0.29, 0.717) is 6.42 Å². The zero-order valence-corrected chi connectivity index (χ0v) is 11.3. The number of carbonyl (C=O) groups is 1. The van der Waals surface area contributed by atoms with E-state index in [1.165, 1.54) is 5.56 Å². The van der Waals surface area contributed by atoms with Gasteiger partial charge in [-0.15, -0.1) is 0 Å². The Morgan fingerprint density at radius 2 is 1.89 bits per heavy atom. The molecule has 0 bridgehead atoms. The molecule has 0 aromatic heterocycles. The fraction of sp³-hybridized carbons (Fsp3) is 0.533. The Bertz CT molecular complexity index is 437. The Morgan fingerprint density at radius 3 is 2.28 bits per heavy atom. The van der Waals surface area contributed by atoms with E-state index in [1.807, 2.05) is 24.3 Å². The second-order valence-corrected chi connectivity index (χ2v) is 6.07. The van der Waals surface area contributed by atoms with Crippen molar-refractivity contribution in [2.24, 2.45) is 0 Å². The minimum atomic E-state index is -0.879. The van der Waals surface area contributed by atoms with Crippen molar-refractivity contribution in [3.8, 4) is 0 Å². The molecular formula is C15H21NO2. The van der Waals surface area contributed by atoms with Gasteiger partial charge in [0.05, 0.1) is 0 Å². The summed E-state index contributed by atoms with van der Waals surface area (Å²) < 4.78 is 0. The molecule has 0 amide bonds. The third-order valence-corrected chi connectivity index (χ3v) is 3.76. The highest BCUT2D eigenvalue weighted by atomic mass is 16.4. The van der Waals surface area contributed by atoms with Gasteiger partial charge in [0.15, 0.2) is 0 Å². The molecule has 1 aromatic carbocycles. The van der Waals surface area contributed by atoms with Gasteiger partial charge in [-0.05, 0) is 35.9 Å². The first-order valence-electron chi connectivity index (χ1n) is 6.46. The molecule has 98 valence electrons. The predicted octanol–water partition coefficient (Wildman–Crippen LogP) is 2.65. The van der Waals surface area contributed by atoms with E-state index in [9.17, 15) is 9.90 Å². The van der Waals surface area contributed by atoms with E-state index >= 15 is 0 Å². The lowest BCUT2D eigenvalue weighted by Gasteiger charge is -2.26. The fourth-order valence-electron chi connectivity index (χ4n) is 2.55. The van der Waals surface area contributed by atoms with Crippen LogP contribution in [-0.4, -0.2) is 17.6 Å². The molecule has 1 aromatic rings. The summed E-state index contributed by atoms with van der Waals surface area (Å²) in [6.07, 6.45) is 1.57. The number of aliphatic carboxylic acids is 1. The topological polar surface area (TPSA) is 49.3 Å². The van der Waals surface area contributed by atoms with E-state index in [4.69, 9.17) is 0 Å². The first kappa shape index (κ1) is 13.1. The Labute approximate surface area is 108 Å². The quantitative estimate of drug-likeness (QED) is 0.844. The summed E-state index contributed by atoms with van der Waals surface area (Å²) in [4.78, 5) is 11.5. The SMILES string of the molecule is CC(C)(C)c1ccc([C@@]2(C(=O)O)CCCN2)cc1. The van der Waals surface area contributed by atoms with E-state index < -0.39 is 11.5 Å². The molecule has 3 nitrogen and oxygen atoms in total. The first-order valence-corrected chi connectivity index (χ1v) is 6.46. The third-order valence-electron chi connectivity index (χ3n) is 3.76. The van der Waals surface area contributed by atoms with E-state index in [0.717, 1.165) is 18.5 Å². The Hall–Kier alpha value is -1.35. The van der Waals surface area contributed by atoms with Crippen LogP contribution in [0.25, 0.3) is 0 Å². The number of hydrogen-bond donors (Lipinski definition) is 2. The largest absolute Gasteiger partial charge is 0.480 e. The van der Waals surface area contributed by atoms with Gasteiger partial charge < -0.3 is 5.11 Å². The van der Waals surface area contributed by atoms with Crippen molar-refractivity contribution in [1.82, 2.24) is 5.32 Å². The standard InChI is InChI=1S/C15H21NO2/c1-14(2,3)11-5-7-12(8-6-11)15(13(17)18)9-4-10-16-15/h5-8,16H,4,9-10H2,1-3H3,(H,17,18)/t15-/m1/s1. The van der Waals surface area contributed by atoms with Gasteiger partial charge in [-0.25, -0.2) is 4.79 Å². The van der Waals surface area contributed by atoms with Gasteiger partial charge in [0.1, 0.15) is 5.54 Å². The van der Waals surface area contributed by atoms with Gasteiger partial charge >= 0.3 is 5.97 Å². The highest BCUT2D eigenvalue weighted by molar-refractivity contribution is 5.81. The molecule has 1 heterocycles. The zero-order chi connectivity index (χ0) is 13.4. The van der Waals surface area contributed by atoms with Gasteiger partial charge in [-0.1, -0.05) is 45.0 Å². The second kappa shape index (κ2) is 4.39. The molecule has 0 spiro atoms.